The maximum atomic E-state index is 14.0. The van der Waals surface area contributed by atoms with E-state index in [-0.39, 0.29) is 17.3 Å². The smallest absolute Gasteiger partial charge is 0.264 e. The first-order valence-corrected chi connectivity index (χ1v) is 14.5. The van der Waals surface area contributed by atoms with Crippen molar-refractivity contribution in [3.8, 4) is 0 Å². The summed E-state index contributed by atoms with van der Waals surface area (Å²) in [5, 5.41) is 3.29. The fourth-order valence-electron chi connectivity index (χ4n) is 4.16. The number of carbonyl (C=O) groups excluding carboxylic acids is 2. The monoisotopic (exact) mass is 555 g/mol. The van der Waals surface area contributed by atoms with Gasteiger partial charge in [-0.2, -0.15) is 0 Å². The third-order valence-electron chi connectivity index (χ3n) is 6.20. The Kier molecular flexibility index (Phi) is 10.3. The molecule has 3 aromatic carbocycles. The summed E-state index contributed by atoms with van der Waals surface area (Å²) in [6.07, 6.45) is 1.14. The zero-order valence-corrected chi connectivity index (χ0v) is 23.5. The van der Waals surface area contributed by atoms with E-state index in [1.807, 2.05) is 44.2 Å². The predicted molar refractivity (Wildman–Crippen MR) is 152 cm³/mol. The maximum Gasteiger partial charge on any atom is 0.264 e. The molecule has 7 nitrogen and oxygen atoms in total. The van der Waals surface area contributed by atoms with Crippen LogP contribution in [0.2, 0.25) is 5.02 Å². The zero-order chi connectivity index (χ0) is 27.7. The molecule has 0 heterocycles. The van der Waals surface area contributed by atoms with Crippen molar-refractivity contribution in [2.45, 2.75) is 51.1 Å². The van der Waals surface area contributed by atoms with Crippen LogP contribution in [-0.2, 0) is 26.2 Å². The predicted octanol–water partition coefficient (Wildman–Crippen LogP) is 5.18. The minimum absolute atomic E-state index is 0.0142. The average molecular weight is 556 g/mol. The number of benzene rings is 3. The van der Waals surface area contributed by atoms with Gasteiger partial charge in [0.2, 0.25) is 11.8 Å². The average Bonchev–Trinajstić information content (AvgIpc) is 2.91. The molecule has 3 aromatic rings. The highest BCUT2D eigenvalue weighted by molar-refractivity contribution is 7.92. The number of sulfonamides is 1. The molecule has 0 aliphatic carbocycles. The van der Waals surface area contributed by atoms with Crippen LogP contribution in [-0.4, -0.2) is 44.3 Å². The van der Waals surface area contributed by atoms with E-state index in [9.17, 15) is 18.0 Å². The largest absolute Gasteiger partial charge is 0.354 e. The van der Waals surface area contributed by atoms with E-state index in [0.717, 1.165) is 16.3 Å². The summed E-state index contributed by atoms with van der Waals surface area (Å²) in [6, 6.07) is 21.4. The van der Waals surface area contributed by atoms with Crippen molar-refractivity contribution in [1.29, 1.82) is 0 Å². The Hall–Kier alpha value is -3.36. The number of aryl methyl sites for hydroxylation is 1. The van der Waals surface area contributed by atoms with Crippen LogP contribution in [0.25, 0.3) is 0 Å². The van der Waals surface area contributed by atoms with Crippen molar-refractivity contribution in [2.75, 3.05) is 17.4 Å². The van der Waals surface area contributed by atoms with E-state index in [2.05, 4.69) is 5.32 Å². The quantitative estimate of drug-likeness (QED) is 0.334. The third kappa shape index (κ3) is 7.14. The molecule has 0 saturated carbocycles. The Balaban J connectivity index is 2.05. The SMILES string of the molecule is CCCNC(=O)[C@H](CC)N(Cc1ccccc1)C(=O)CN(c1ccccc1C)S(=O)(=O)c1ccc(Cl)cc1. The van der Waals surface area contributed by atoms with Crippen molar-refractivity contribution in [2.24, 2.45) is 0 Å². The van der Waals surface area contributed by atoms with Gasteiger partial charge in [-0.3, -0.25) is 13.9 Å². The van der Waals surface area contributed by atoms with Crippen molar-refractivity contribution in [3.63, 3.8) is 0 Å². The molecule has 0 aromatic heterocycles. The number of amides is 2. The number of hydrogen-bond donors (Lipinski definition) is 1. The van der Waals surface area contributed by atoms with Crippen LogP contribution in [0.1, 0.15) is 37.8 Å². The van der Waals surface area contributed by atoms with Gasteiger partial charge >= 0.3 is 0 Å². The highest BCUT2D eigenvalue weighted by Gasteiger charge is 2.34. The van der Waals surface area contributed by atoms with E-state index in [0.29, 0.717) is 29.2 Å². The van der Waals surface area contributed by atoms with Crippen LogP contribution in [0, 0.1) is 6.92 Å². The molecule has 0 aliphatic heterocycles. The van der Waals surface area contributed by atoms with Gasteiger partial charge in [0.15, 0.2) is 0 Å². The summed E-state index contributed by atoms with van der Waals surface area (Å²) in [4.78, 5) is 28.5. The van der Waals surface area contributed by atoms with Crippen LogP contribution in [0.5, 0.6) is 0 Å². The number of anilines is 1. The first-order chi connectivity index (χ1) is 18.2. The molecule has 0 radical (unpaired) electrons. The van der Waals surface area contributed by atoms with E-state index in [1.54, 1.807) is 31.2 Å². The summed E-state index contributed by atoms with van der Waals surface area (Å²) in [7, 11) is -4.14. The normalized spacial score (nSPS) is 12.0. The molecular formula is C29H34ClN3O4S. The van der Waals surface area contributed by atoms with Crippen LogP contribution in [0.4, 0.5) is 5.69 Å². The van der Waals surface area contributed by atoms with Gasteiger partial charge in [0.25, 0.3) is 10.0 Å². The lowest BCUT2D eigenvalue weighted by Crippen LogP contribution is -2.52. The first kappa shape index (κ1) is 29.2. The summed E-state index contributed by atoms with van der Waals surface area (Å²) in [5.74, 6) is -0.741. The van der Waals surface area contributed by atoms with Gasteiger partial charge in [0.1, 0.15) is 12.6 Å². The Morgan fingerprint density at radius 1 is 0.921 bits per heavy atom. The molecule has 0 spiro atoms. The highest BCUT2D eigenvalue weighted by atomic mass is 35.5. The van der Waals surface area contributed by atoms with Gasteiger partial charge in [0, 0.05) is 18.1 Å². The molecule has 38 heavy (non-hydrogen) atoms. The Labute approximate surface area is 230 Å². The second-order valence-corrected chi connectivity index (χ2v) is 11.3. The van der Waals surface area contributed by atoms with Crippen LogP contribution in [0.3, 0.4) is 0 Å². The van der Waals surface area contributed by atoms with Crippen molar-refractivity contribution < 1.29 is 18.0 Å². The molecule has 0 fully saturated rings. The van der Waals surface area contributed by atoms with Crippen molar-refractivity contribution in [3.05, 3.63) is 95.0 Å². The second kappa shape index (κ2) is 13.4. The lowest BCUT2D eigenvalue weighted by atomic mass is 10.1. The molecule has 0 saturated heterocycles. The number of halogens is 1. The minimum atomic E-state index is -4.14. The standard InChI is InChI=1S/C29H34ClN3O4S/c1-4-19-31-29(35)26(5-2)32(20-23-12-7-6-8-13-23)28(34)21-33(27-14-10-9-11-22(27)3)38(36,37)25-17-15-24(30)16-18-25/h6-18,26H,4-5,19-21H2,1-3H3,(H,31,35)/t26-/m0/s1. The van der Waals surface area contributed by atoms with E-state index < -0.39 is 28.5 Å². The third-order valence-corrected chi connectivity index (χ3v) is 8.22. The molecule has 3 rings (SSSR count). The minimum Gasteiger partial charge on any atom is -0.354 e. The number of rotatable bonds is 12. The number of nitrogens with zero attached hydrogens (tertiary/aromatic N) is 2. The number of nitrogens with one attached hydrogen (secondary N) is 1. The van der Waals surface area contributed by atoms with E-state index in [4.69, 9.17) is 11.6 Å². The zero-order valence-electron chi connectivity index (χ0n) is 21.9. The molecule has 0 bridgehead atoms. The fraction of sp³-hybridized carbons (Fsp3) is 0.310. The number of hydrogen-bond acceptors (Lipinski definition) is 4. The Bertz CT molecular complexity index is 1330. The summed E-state index contributed by atoms with van der Waals surface area (Å²) >= 11 is 6.00. The molecule has 1 atom stereocenters. The second-order valence-electron chi connectivity index (χ2n) is 8.97. The van der Waals surface area contributed by atoms with Crippen LogP contribution in [0.15, 0.2) is 83.8 Å². The number of para-hydroxylation sites is 1. The van der Waals surface area contributed by atoms with Gasteiger partial charge in [-0.15, -0.1) is 0 Å². The van der Waals surface area contributed by atoms with E-state index >= 15 is 0 Å². The van der Waals surface area contributed by atoms with Gasteiger partial charge in [-0.1, -0.05) is 74.0 Å². The maximum absolute atomic E-state index is 14.0. The summed E-state index contributed by atoms with van der Waals surface area (Å²) < 4.78 is 28.8. The van der Waals surface area contributed by atoms with Crippen LogP contribution >= 0.6 is 11.6 Å². The molecule has 2 amide bonds. The van der Waals surface area contributed by atoms with Crippen molar-refractivity contribution >= 4 is 39.1 Å². The van der Waals surface area contributed by atoms with Gasteiger partial charge < -0.3 is 10.2 Å². The Morgan fingerprint density at radius 3 is 2.16 bits per heavy atom. The summed E-state index contributed by atoms with van der Waals surface area (Å²) in [6.45, 7) is 5.77. The molecule has 9 heteroatoms. The van der Waals surface area contributed by atoms with Gasteiger partial charge in [-0.05, 0) is 61.2 Å². The first-order valence-electron chi connectivity index (χ1n) is 12.6. The molecular weight excluding hydrogens is 522 g/mol. The lowest BCUT2D eigenvalue weighted by molar-refractivity contribution is -0.140. The van der Waals surface area contributed by atoms with E-state index in [1.165, 1.54) is 29.2 Å². The molecule has 202 valence electrons. The van der Waals surface area contributed by atoms with Crippen molar-refractivity contribution in [1.82, 2.24) is 10.2 Å². The number of carbonyl (C=O) groups is 2. The molecule has 0 aliphatic rings. The highest BCUT2D eigenvalue weighted by Crippen LogP contribution is 2.28. The topological polar surface area (TPSA) is 86.8 Å². The van der Waals surface area contributed by atoms with Crippen LogP contribution < -0.4 is 9.62 Å². The van der Waals surface area contributed by atoms with Gasteiger partial charge in [-0.25, -0.2) is 8.42 Å². The lowest BCUT2D eigenvalue weighted by Gasteiger charge is -2.33. The fourth-order valence-corrected chi connectivity index (χ4v) is 5.76. The Morgan fingerprint density at radius 2 is 1.55 bits per heavy atom. The molecule has 1 N–H and O–H groups in total. The summed E-state index contributed by atoms with van der Waals surface area (Å²) in [5.41, 5.74) is 1.92. The molecule has 0 unspecified atom stereocenters. The van der Waals surface area contributed by atoms with Gasteiger partial charge in [0.05, 0.1) is 10.6 Å².